The highest BCUT2D eigenvalue weighted by molar-refractivity contribution is 7.23. The van der Waals surface area contributed by atoms with Gasteiger partial charge in [-0.3, -0.25) is 19.2 Å². The molecule has 12 rings (SSSR count). The molecule has 60 heavy (non-hydrogen) atoms. The summed E-state index contributed by atoms with van der Waals surface area (Å²) in [5.41, 5.74) is 7.21. The van der Waals surface area contributed by atoms with Crippen LogP contribution in [0.5, 0.6) is 0 Å². The Bertz CT molecular complexity index is 2960. The van der Waals surface area contributed by atoms with Gasteiger partial charge in [-0.15, -0.1) is 22.7 Å². The van der Waals surface area contributed by atoms with Gasteiger partial charge in [-0.2, -0.15) is 0 Å². The van der Waals surface area contributed by atoms with E-state index >= 15 is 0 Å². The maximum Gasteiger partial charge on any atom is 0.198 e. The van der Waals surface area contributed by atoms with Gasteiger partial charge in [-0.05, 0) is 106 Å². The molecule has 6 aromatic rings. The summed E-state index contributed by atoms with van der Waals surface area (Å²) in [5.74, 6) is -7.24. The zero-order valence-electron chi connectivity index (χ0n) is 31.2. The van der Waals surface area contributed by atoms with Crippen LogP contribution in [0.2, 0.25) is 0 Å². The van der Waals surface area contributed by atoms with Crippen molar-refractivity contribution in [3.63, 3.8) is 0 Å². The minimum atomic E-state index is -1.18. The second kappa shape index (κ2) is 12.3. The number of Topliss-reactive ketones (excluding diaryl/α,β-unsaturated/α-hetero) is 4. The highest BCUT2D eigenvalue weighted by atomic mass is 32.1. The Kier molecular flexibility index (Phi) is 7.32. The molecule has 2 heterocycles. The Balaban J connectivity index is 0.997. The minimum Gasteiger partial charge on any atom is -0.288 e. The van der Waals surface area contributed by atoms with Crippen molar-refractivity contribution in [3.8, 4) is 9.75 Å². The average Bonchev–Trinajstić information content (AvgIpc) is 4.12. The van der Waals surface area contributed by atoms with E-state index in [9.17, 15) is 36.7 Å². The second-order valence-electron chi connectivity index (χ2n) is 16.1. The van der Waals surface area contributed by atoms with Crippen LogP contribution >= 0.6 is 22.7 Å². The zero-order valence-corrected chi connectivity index (χ0v) is 32.9. The molecule has 0 amide bonds. The SMILES string of the molecule is O=C1C(=C2C=C(c3cc4c(s3)-c3sc(C5=CC(=C6C(=O)c7cc(F)c(F)cc7C6=O)c6ccccc65)cc3C43CCCCC3)c3ccccc32)C(=O)c2cc(F)c(F)cc21. The van der Waals surface area contributed by atoms with E-state index in [2.05, 4.69) is 12.1 Å². The van der Waals surface area contributed by atoms with E-state index in [0.29, 0.717) is 22.3 Å². The first kappa shape index (κ1) is 35.6. The van der Waals surface area contributed by atoms with Crippen LogP contribution in [0.1, 0.15) is 117 Å². The van der Waals surface area contributed by atoms with Crippen LogP contribution in [0.15, 0.2) is 108 Å². The van der Waals surface area contributed by atoms with Crippen molar-refractivity contribution >= 4 is 68.1 Å². The summed E-state index contributed by atoms with van der Waals surface area (Å²) < 4.78 is 57.0. The molecule has 1 fully saturated rings. The first-order valence-corrected chi connectivity index (χ1v) is 21.3. The average molecular weight is 831 g/mol. The molecular formula is C50H26F4O4S2. The molecular weight excluding hydrogens is 805 g/mol. The lowest BCUT2D eigenvalue weighted by Crippen LogP contribution is -2.27. The van der Waals surface area contributed by atoms with Gasteiger partial charge in [0.1, 0.15) is 0 Å². The first-order chi connectivity index (χ1) is 29.0. The molecule has 2 aromatic heterocycles. The largest absolute Gasteiger partial charge is 0.288 e. The number of benzene rings is 4. The molecule has 10 heteroatoms. The number of carbonyl (C=O) groups is 4. The number of allylic oxidation sites excluding steroid dienone is 6. The summed E-state index contributed by atoms with van der Waals surface area (Å²) >= 11 is 3.32. The fourth-order valence-corrected chi connectivity index (χ4v) is 13.1. The highest BCUT2D eigenvalue weighted by Crippen LogP contribution is 2.63. The van der Waals surface area contributed by atoms with Crippen molar-refractivity contribution in [1.82, 2.24) is 0 Å². The molecule has 4 aromatic carbocycles. The summed E-state index contributed by atoms with van der Waals surface area (Å²) in [4.78, 5) is 59.0. The van der Waals surface area contributed by atoms with Crippen molar-refractivity contribution in [2.75, 3.05) is 0 Å². The monoisotopic (exact) mass is 830 g/mol. The predicted octanol–water partition coefficient (Wildman–Crippen LogP) is 12.2. The van der Waals surface area contributed by atoms with Crippen molar-refractivity contribution in [1.29, 1.82) is 0 Å². The van der Waals surface area contributed by atoms with Gasteiger partial charge in [0.25, 0.3) is 0 Å². The van der Waals surface area contributed by atoms with Gasteiger partial charge < -0.3 is 0 Å². The van der Waals surface area contributed by atoms with Crippen LogP contribution in [0.3, 0.4) is 0 Å². The number of carbonyl (C=O) groups excluding carboxylic acids is 4. The summed E-state index contributed by atoms with van der Waals surface area (Å²) in [6.07, 6.45) is 8.88. The number of thiophene rings is 2. The van der Waals surface area contributed by atoms with Gasteiger partial charge in [-0.25, -0.2) is 17.6 Å². The molecule has 0 unspecified atom stereocenters. The van der Waals surface area contributed by atoms with Gasteiger partial charge in [0.15, 0.2) is 46.4 Å². The summed E-state index contributed by atoms with van der Waals surface area (Å²) in [6.45, 7) is 0. The van der Waals surface area contributed by atoms with E-state index in [4.69, 9.17) is 0 Å². The first-order valence-electron chi connectivity index (χ1n) is 19.6. The molecule has 1 saturated carbocycles. The highest BCUT2D eigenvalue weighted by Gasteiger charge is 2.48. The quantitative estimate of drug-likeness (QED) is 0.0990. The van der Waals surface area contributed by atoms with Gasteiger partial charge in [0.05, 0.1) is 11.1 Å². The van der Waals surface area contributed by atoms with Crippen LogP contribution in [0, 0.1) is 23.3 Å². The Morgan fingerprint density at radius 2 is 0.783 bits per heavy atom. The fourth-order valence-electron chi connectivity index (χ4n) is 10.3. The van der Waals surface area contributed by atoms with Crippen LogP contribution in [0.25, 0.3) is 32.0 Å². The van der Waals surface area contributed by atoms with Crippen LogP contribution < -0.4 is 0 Å². The Morgan fingerprint density at radius 3 is 1.15 bits per heavy atom. The molecule has 0 atom stereocenters. The van der Waals surface area contributed by atoms with Gasteiger partial charge >= 0.3 is 0 Å². The Hall–Kier alpha value is -6.36. The minimum absolute atomic E-state index is 0.0980. The lowest BCUT2D eigenvalue weighted by atomic mass is 9.68. The van der Waals surface area contributed by atoms with E-state index in [1.807, 2.05) is 60.7 Å². The summed E-state index contributed by atoms with van der Waals surface area (Å²) in [5, 5.41) is 0. The molecule has 1 spiro atoms. The number of ketones is 4. The van der Waals surface area contributed by atoms with E-state index in [1.165, 1.54) is 11.1 Å². The fraction of sp³-hybridized carbons (Fsp3) is 0.120. The molecule has 6 aliphatic rings. The Morgan fingerprint density at radius 1 is 0.433 bits per heavy atom. The number of rotatable bonds is 2. The number of hydrogen-bond acceptors (Lipinski definition) is 6. The third-order valence-electron chi connectivity index (χ3n) is 13.1. The molecule has 0 aliphatic heterocycles. The summed E-state index contributed by atoms with van der Waals surface area (Å²) in [7, 11) is 0. The third-order valence-corrected chi connectivity index (χ3v) is 15.6. The van der Waals surface area contributed by atoms with E-state index in [1.54, 1.807) is 22.7 Å². The van der Waals surface area contributed by atoms with Gasteiger partial charge in [0.2, 0.25) is 0 Å². The van der Waals surface area contributed by atoms with Crippen LogP contribution in [0.4, 0.5) is 17.6 Å². The third kappa shape index (κ3) is 4.60. The van der Waals surface area contributed by atoms with Crippen LogP contribution in [-0.4, -0.2) is 23.1 Å². The second-order valence-corrected chi connectivity index (χ2v) is 18.2. The molecule has 290 valence electrons. The van der Waals surface area contributed by atoms with E-state index in [0.717, 1.165) is 98.2 Å². The van der Waals surface area contributed by atoms with Gasteiger partial charge in [0, 0.05) is 58.3 Å². The molecule has 0 bridgehead atoms. The number of hydrogen-bond donors (Lipinski definition) is 0. The van der Waals surface area contributed by atoms with Crippen molar-refractivity contribution in [2.45, 2.75) is 37.5 Å². The predicted molar refractivity (Wildman–Crippen MR) is 222 cm³/mol. The standard InChI is InChI=1S/C50H26F4O4S2/c51-36-16-30-31(17-37(36)52)45(56)42(44(30)55)28-14-26(22-8-2-4-10-24(22)28)40-20-34-48(59-40)49-35(50(34)12-6-1-7-13-50)21-41(60-49)27-15-29(25-11-5-3-9-23(25)27)43-46(57)32-18-38(53)39(54)19-33(32)47(43)58/h2-5,8-11,14-21H,1,6-7,12-13H2. The topological polar surface area (TPSA) is 68.3 Å². The molecule has 0 N–H and O–H groups in total. The number of fused-ring (bicyclic) bond motifs is 9. The summed E-state index contributed by atoms with van der Waals surface area (Å²) in [6, 6.07) is 22.9. The Labute approximate surface area is 347 Å². The molecule has 6 aliphatic carbocycles. The normalized spacial score (nSPS) is 18.0. The number of halogens is 4. The lowest BCUT2D eigenvalue weighted by molar-refractivity contribution is 0.0974. The van der Waals surface area contributed by atoms with Crippen molar-refractivity contribution in [2.24, 2.45) is 0 Å². The maximum atomic E-state index is 14.3. The van der Waals surface area contributed by atoms with Crippen molar-refractivity contribution in [3.05, 3.63) is 197 Å². The van der Waals surface area contributed by atoms with E-state index in [-0.39, 0.29) is 38.8 Å². The lowest BCUT2D eigenvalue weighted by Gasteiger charge is -2.34. The molecule has 4 nitrogen and oxygen atoms in total. The molecule has 0 saturated heterocycles. The van der Waals surface area contributed by atoms with Crippen LogP contribution in [-0.2, 0) is 5.41 Å². The van der Waals surface area contributed by atoms with E-state index < -0.39 is 46.4 Å². The molecule has 0 radical (unpaired) electrons. The van der Waals surface area contributed by atoms with Gasteiger partial charge in [-0.1, -0.05) is 67.8 Å². The maximum absolute atomic E-state index is 14.3. The zero-order chi connectivity index (χ0) is 40.9. The smallest absolute Gasteiger partial charge is 0.198 e. The van der Waals surface area contributed by atoms with Crippen molar-refractivity contribution < 1.29 is 36.7 Å².